The Morgan fingerprint density at radius 2 is 1.93 bits per heavy atom. The lowest BCUT2D eigenvalue weighted by Gasteiger charge is -2.34. The minimum atomic E-state index is -4.56. The fraction of sp³-hybridized carbons (Fsp3) is 0.389. The van der Waals surface area contributed by atoms with Crippen molar-refractivity contribution in [2.45, 2.75) is 31.5 Å². The van der Waals surface area contributed by atoms with Gasteiger partial charge in [0.25, 0.3) is 7.41 Å². The highest BCUT2D eigenvalue weighted by molar-refractivity contribution is 6.64. The Bertz CT molecular complexity index is 811. The molecule has 0 spiro atoms. The van der Waals surface area contributed by atoms with Crippen molar-refractivity contribution >= 4 is 30.9 Å². The van der Waals surface area contributed by atoms with Crippen LogP contribution in [0.25, 0.3) is 0 Å². The fourth-order valence-electron chi connectivity index (χ4n) is 3.16. The van der Waals surface area contributed by atoms with Crippen molar-refractivity contribution in [1.29, 1.82) is 0 Å². The van der Waals surface area contributed by atoms with Gasteiger partial charge < -0.3 is 14.9 Å². The van der Waals surface area contributed by atoms with Crippen molar-refractivity contribution in [2.24, 2.45) is 0 Å². The van der Waals surface area contributed by atoms with Gasteiger partial charge in [0.15, 0.2) is 0 Å². The van der Waals surface area contributed by atoms with Crippen LogP contribution in [-0.2, 0) is 17.4 Å². The van der Waals surface area contributed by atoms with E-state index >= 15 is 0 Å². The first-order valence-electron chi connectivity index (χ1n) is 8.82. The van der Waals surface area contributed by atoms with Gasteiger partial charge >= 0.3 is 6.18 Å². The van der Waals surface area contributed by atoms with Gasteiger partial charge in [-0.05, 0) is 36.6 Å². The number of carbonyl (C=O) groups is 1. The van der Waals surface area contributed by atoms with Gasteiger partial charge in [-0.1, -0.05) is 23.7 Å². The molecule has 1 aromatic carbocycles. The molecule has 0 saturated carbocycles. The number of benzene rings is 1. The molecule has 1 N–H and O–H groups in total. The number of rotatable bonds is 6. The van der Waals surface area contributed by atoms with Crippen molar-refractivity contribution in [3.63, 3.8) is 0 Å². The topological polar surface area (TPSA) is 58.1 Å². The minimum Gasteiger partial charge on any atom is -0.371 e. The van der Waals surface area contributed by atoms with E-state index in [1.165, 1.54) is 7.41 Å². The lowest BCUT2D eigenvalue weighted by molar-refractivity contribution is -0.138. The standard InChI is InChI=1S/C18H18BClF3N4O/c20-17-15(18(21,22)23)10-24-16(25-17)9-12-1-3-14(4-2-12)27-7-5-13(6-8-27)26-19-11-28/h1-4,10-11,13,26H,5-9H2. The number of nitrogens with one attached hydrogen (secondary N) is 1. The van der Waals surface area contributed by atoms with E-state index in [4.69, 9.17) is 11.6 Å². The predicted molar refractivity (Wildman–Crippen MR) is 102 cm³/mol. The molecular formula is C18H18BClF3N4O. The third-order valence-electron chi connectivity index (χ3n) is 4.66. The van der Waals surface area contributed by atoms with Crippen LogP contribution in [0.15, 0.2) is 30.5 Å². The first-order valence-corrected chi connectivity index (χ1v) is 9.20. The summed E-state index contributed by atoms with van der Waals surface area (Å²) in [5.74, 6) is 0.240. The van der Waals surface area contributed by atoms with Crippen molar-refractivity contribution < 1.29 is 18.0 Å². The molecule has 1 aromatic heterocycles. The molecule has 0 unspecified atom stereocenters. The molecule has 1 radical (unpaired) electrons. The molecule has 0 aliphatic carbocycles. The van der Waals surface area contributed by atoms with Crippen molar-refractivity contribution in [2.75, 3.05) is 18.0 Å². The third kappa shape index (κ3) is 5.23. The normalized spacial score (nSPS) is 15.5. The van der Waals surface area contributed by atoms with E-state index in [-0.39, 0.29) is 5.82 Å². The van der Waals surface area contributed by atoms with Crippen LogP contribution < -0.4 is 10.1 Å². The zero-order chi connectivity index (χ0) is 20.1. The van der Waals surface area contributed by atoms with Gasteiger partial charge in [0.05, 0.1) is 6.19 Å². The van der Waals surface area contributed by atoms with E-state index in [9.17, 15) is 18.0 Å². The summed E-state index contributed by atoms with van der Waals surface area (Å²) < 4.78 is 38.2. The molecule has 0 bridgehead atoms. The number of hydrogen-bond acceptors (Lipinski definition) is 5. The van der Waals surface area contributed by atoms with Crippen LogP contribution in [0.2, 0.25) is 5.15 Å². The Kier molecular flexibility index (Phi) is 6.56. The van der Waals surface area contributed by atoms with Crippen LogP contribution in [0.3, 0.4) is 0 Å². The molecule has 1 saturated heterocycles. The second kappa shape index (κ2) is 8.92. The maximum Gasteiger partial charge on any atom is 0.420 e. The highest BCUT2D eigenvalue weighted by atomic mass is 35.5. The van der Waals surface area contributed by atoms with E-state index in [1.807, 2.05) is 24.3 Å². The highest BCUT2D eigenvalue weighted by Gasteiger charge is 2.34. The van der Waals surface area contributed by atoms with Gasteiger partial charge in [-0.15, -0.1) is 0 Å². The molecule has 5 nitrogen and oxygen atoms in total. The molecule has 2 aromatic rings. The van der Waals surface area contributed by atoms with E-state index in [0.29, 0.717) is 12.5 Å². The molecule has 10 heteroatoms. The summed E-state index contributed by atoms with van der Waals surface area (Å²) >= 11 is 5.65. The van der Waals surface area contributed by atoms with Crippen LogP contribution in [0.1, 0.15) is 29.8 Å². The van der Waals surface area contributed by atoms with Gasteiger partial charge in [0.2, 0.25) is 0 Å². The summed E-state index contributed by atoms with van der Waals surface area (Å²) in [5, 5.41) is 2.50. The van der Waals surface area contributed by atoms with Gasteiger partial charge in [-0.2, -0.15) is 13.2 Å². The summed E-state index contributed by atoms with van der Waals surface area (Å²) in [6, 6.07) is 8.09. The predicted octanol–water partition coefficient (Wildman–Crippen LogP) is 3.11. The van der Waals surface area contributed by atoms with E-state index < -0.39 is 16.9 Å². The number of piperidine rings is 1. The van der Waals surface area contributed by atoms with Gasteiger partial charge in [-0.25, -0.2) is 9.97 Å². The van der Waals surface area contributed by atoms with E-state index in [1.54, 1.807) is 0 Å². The van der Waals surface area contributed by atoms with Crippen molar-refractivity contribution in [3.05, 3.63) is 52.6 Å². The Balaban J connectivity index is 1.59. The molecule has 0 amide bonds. The molecule has 1 fully saturated rings. The van der Waals surface area contributed by atoms with Crippen molar-refractivity contribution in [1.82, 2.24) is 15.2 Å². The zero-order valence-corrected chi connectivity index (χ0v) is 15.7. The van der Waals surface area contributed by atoms with Crippen molar-refractivity contribution in [3.8, 4) is 0 Å². The number of halogens is 4. The number of carbonyl (C=O) groups excluding carboxylic acids is 1. The molecule has 0 atom stereocenters. The quantitative estimate of drug-likeness (QED) is 0.451. The lowest BCUT2D eigenvalue weighted by atomic mass is 9.93. The van der Waals surface area contributed by atoms with Gasteiger partial charge in [0, 0.05) is 31.4 Å². The summed E-state index contributed by atoms with van der Waals surface area (Å²) in [6.45, 7) is 1.75. The third-order valence-corrected chi connectivity index (χ3v) is 4.94. The maximum atomic E-state index is 12.7. The highest BCUT2D eigenvalue weighted by Crippen LogP contribution is 2.33. The minimum absolute atomic E-state index is 0.240. The lowest BCUT2D eigenvalue weighted by Crippen LogP contribution is -2.44. The first kappa shape index (κ1) is 20.6. The number of hydrogen-bond donors (Lipinski definition) is 1. The second-order valence-electron chi connectivity index (χ2n) is 6.56. The average Bonchev–Trinajstić information content (AvgIpc) is 2.66. The summed E-state index contributed by atoms with van der Waals surface area (Å²) in [6.07, 6.45) is -0.928. The average molecular weight is 410 g/mol. The molecule has 147 valence electrons. The number of aromatic nitrogens is 2. The Morgan fingerprint density at radius 3 is 2.50 bits per heavy atom. The van der Waals surface area contributed by atoms with Crippen LogP contribution in [0, 0.1) is 0 Å². The Morgan fingerprint density at radius 1 is 1.25 bits per heavy atom. The molecule has 3 rings (SSSR count). The molecule has 1 aliphatic rings. The number of alkyl halides is 3. The smallest absolute Gasteiger partial charge is 0.371 e. The van der Waals surface area contributed by atoms with Crippen LogP contribution in [0.5, 0.6) is 0 Å². The van der Waals surface area contributed by atoms with E-state index in [2.05, 4.69) is 20.1 Å². The SMILES string of the molecule is O=C[B]NC1CCN(c2ccc(Cc3ncc(C(F)(F)F)c(Cl)n3)cc2)CC1. The molecule has 2 heterocycles. The second-order valence-corrected chi connectivity index (χ2v) is 6.92. The van der Waals surface area contributed by atoms with Crippen LogP contribution in [-0.4, -0.2) is 42.7 Å². The summed E-state index contributed by atoms with van der Waals surface area (Å²) in [5.41, 5.74) is 0.932. The van der Waals surface area contributed by atoms with Gasteiger partial charge in [-0.3, -0.25) is 0 Å². The number of anilines is 1. The zero-order valence-electron chi connectivity index (χ0n) is 14.9. The fourth-order valence-corrected chi connectivity index (χ4v) is 3.41. The molecule has 28 heavy (non-hydrogen) atoms. The summed E-state index contributed by atoms with van der Waals surface area (Å²) in [7, 11) is 1.44. The maximum absolute atomic E-state index is 12.7. The van der Waals surface area contributed by atoms with Crippen LogP contribution >= 0.6 is 11.6 Å². The Labute approximate surface area is 166 Å². The number of nitrogens with zero attached hydrogens (tertiary/aromatic N) is 3. The Hall–Kier alpha value is -2.13. The summed E-state index contributed by atoms with van der Waals surface area (Å²) in [4.78, 5) is 20.2. The monoisotopic (exact) mass is 409 g/mol. The largest absolute Gasteiger partial charge is 0.420 e. The van der Waals surface area contributed by atoms with E-state index in [0.717, 1.165) is 49.6 Å². The molecular weight excluding hydrogens is 391 g/mol. The van der Waals surface area contributed by atoms with Gasteiger partial charge in [0.1, 0.15) is 16.5 Å². The molecule has 1 aliphatic heterocycles. The van der Waals surface area contributed by atoms with Crippen LogP contribution in [0.4, 0.5) is 18.9 Å². The first-order chi connectivity index (χ1) is 13.4.